The van der Waals surface area contributed by atoms with Crippen LogP contribution in [0.4, 0.5) is 0 Å². The smallest absolute Gasteiger partial charge is 0.0702 e. The Kier molecular flexibility index (Phi) is 6.36. The van der Waals surface area contributed by atoms with Crippen molar-refractivity contribution in [3.63, 3.8) is 0 Å². The lowest BCUT2D eigenvalue weighted by molar-refractivity contribution is 0.170. The van der Waals surface area contributed by atoms with E-state index < -0.39 is 0 Å². The molecular formula is C16H22BrN3S. The first-order valence-electron chi connectivity index (χ1n) is 7.30. The van der Waals surface area contributed by atoms with Gasteiger partial charge in [0.25, 0.3) is 0 Å². The maximum atomic E-state index is 6.42. The van der Waals surface area contributed by atoms with E-state index in [2.05, 4.69) is 57.9 Å². The van der Waals surface area contributed by atoms with E-state index in [0.29, 0.717) is 0 Å². The minimum atomic E-state index is 0.124. The molecule has 114 valence electrons. The Morgan fingerprint density at radius 3 is 2.62 bits per heavy atom. The highest BCUT2D eigenvalue weighted by Crippen LogP contribution is 2.33. The summed E-state index contributed by atoms with van der Waals surface area (Å²) in [6.07, 6.45) is 2.80. The summed E-state index contributed by atoms with van der Waals surface area (Å²) in [6, 6.07) is 10.7. The van der Waals surface area contributed by atoms with Crippen molar-refractivity contribution < 1.29 is 0 Å². The molecule has 0 aliphatic heterocycles. The molecule has 2 N–H and O–H groups in total. The van der Waals surface area contributed by atoms with Crippen LogP contribution in [0.15, 0.2) is 40.3 Å². The van der Waals surface area contributed by atoms with Gasteiger partial charge in [0, 0.05) is 23.7 Å². The summed E-state index contributed by atoms with van der Waals surface area (Å²) in [4.78, 5) is 8.17. The number of likely N-dealkylation sites (N-methyl/N-ethyl adjacent to an activating group) is 1. The minimum absolute atomic E-state index is 0.124. The van der Waals surface area contributed by atoms with Gasteiger partial charge in [0.15, 0.2) is 0 Å². The van der Waals surface area contributed by atoms with E-state index in [1.165, 1.54) is 4.88 Å². The van der Waals surface area contributed by atoms with Crippen LogP contribution >= 0.6 is 27.3 Å². The van der Waals surface area contributed by atoms with Crippen molar-refractivity contribution in [1.82, 2.24) is 9.88 Å². The van der Waals surface area contributed by atoms with Crippen LogP contribution in [-0.2, 0) is 6.54 Å². The molecule has 0 aliphatic rings. The van der Waals surface area contributed by atoms with Gasteiger partial charge in [-0.15, -0.1) is 11.3 Å². The molecular weight excluding hydrogens is 346 g/mol. The molecule has 0 amide bonds. The summed E-state index contributed by atoms with van der Waals surface area (Å²) in [6.45, 7) is 6.10. The van der Waals surface area contributed by atoms with E-state index in [1.807, 2.05) is 18.3 Å². The van der Waals surface area contributed by atoms with Gasteiger partial charge in [-0.2, -0.15) is 0 Å². The van der Waals surface area contributed by atoms with E-state index in [1.54, 1.807) is 11.3 Å². The van der Waals surface area contributed by atoms with Gasteiger partial charge in [-0.3, -0.25) is 9.88 Å². The number of halogens is 1. The highest BCUT2D eigenvalue weighted by molar-refractivity contribution is 9.11. The first kappa shape index (κ1) is 16.6. The minimum Gasteiger partial charge on any atom is -0.326 e. The fourth-order valence-electron chi connectivity index (χ4n) is 2.48. The summed E-state index contributed by atoms with van der Waals surface area (Å²) in [5.74, 6) is 0. The highest BCUT2D eigenvalue weighted by Gasteiger charge is 2.26. The molecule has 2 heterocycles. The first-order valence-corrected chi connectivity index (χ1v) is 8.91. The second kappa shape index (κ2) is 8.03. The topological polar surface area (TPSA) is 42.1 Å². The molecule has 21 heavy (non-hydrogen) atoms. The number of nitrogens with two attached hydrogens (primary N) is 1. The third-order valence-corrected chi connectivity index (χ3v) is 5.35. The third-order valence-electron chi connectivity index (χ3n) is 3.65. The van der Waals surface area contributed by atoms with Crippen molar-refractivity contribution in [3.05, 3.63) is 50.9 Å². The van der Waals surface area contributed by atoms with Gasteiger partial charge in [-0.1, -0.05) is 19.9 Å². The molecule has 2 atom stereocenters. The number of nitrogens with zero attached hydrogens (tertiary/aromatic N) is 2. The van der Waals surface area contributed by atoms with Crippen LogP contribution in [-0.4, -0.2) is 22.5 Å². The predicted octanol–water partition coefficient (Wildman–Crippen LogP) is 4.21. The van der Waals surface area contributed by atoms with Crippen LogP contribution in [0.1, 0.15) is 36.9 Å². The molecule has 2 unspecified atom stereocenters. The predicted molar refractivity (Wildman–Crippen MR) is 93.3 cm³/mol. The Labute approximate surface area is 139 Å². The van der Waals surface area contributed by atoms with Crippen molar-refractivity contribution in [2.45, 2.75) is 38.9 Å². The standard InChI is InChI=1S/C16H22BrN3S/c1-3-13(18)16(14-8-9-15(17)21-14)20(4-2)11-12-7-5-6-10-19-12/h5-10,13,16H,3-4,11,18H2,1-2H3. The molecule has 0 aliphatic carbocycles. The number of hydrogen-bond donors (Lipinski definition) is 1. The zero-order valence-corrected chi connectivity index (χ0v) is 14.9. The maximum Gasteiger partial charge on any atom is 0.0702 e. The molecule has 0 aromatic carbocycles. The summed E-state index contributed by atoms with van der Waals surface area (Å²) < 4.78 is 1.15. The summed E-state index contributed by atoms with van der Waals surface area (Å²) in [5.41, 5.74) is 7.50. The number of aromatic nitrogens is 1. The number of hydrogen-bond acceptors (Lipinski definition) is 4. The van der Waals surface area contributed by atoms with Crippen LogP contribution in [0.3, 0.4) is 0 Å². The first-order chi connectivity index (χ1) is 10.2. The zero-order valence-electron chi connectivity index (χ0n) is 12.5. The van der Waals surface area contributed by atoms with Crippen molar-refractivity contribution in [2.24, 2.45) is 5.73 Å². The Bertz CT molecular complexity index is 543. The fraction of sp³-hybridized carbons (Fsp3) is 0.438. The van der Waals surface area contributed by atoms with E-state index >= 15 is 0 Å². The average molecular weight is 368 g/mol. The van der Waals surface area contributed by atoms with Gasteiger partial charge in [-0.25, -0.2) is 0 Å². The fourth-order valence-corrected chi connectivity index (χ4v) is 4.11. The van der Waals surface area contributed by atoms with Gasteiger partial charge < -0.3 is 5.73 Å². The summed E-state index contributed by atoms with van der Waals surface area (Å²) in [7, 11) is 0. The monoisotopic (exact) mass is 367 g/mol. The van der Waals surface area contributed by atoms with E-state index in [-0.39, 0.29) is 12.1 Å². The van der Waals surface area contributed by atoms with Crippen molar-refractivity contribution in [1.29, 1.82) is 0 Å². The lowest BCUT2D eigenvalue weighted by atomic mass is 10.0. The molecule has 3 nitrogen and oxygen atoms in total. The van der Waals surface area contributed by atoms with Crippen LogP contribution < -0.4 is 5.73 Å². The summed E-state index contributed by atoms with van der Waals surface area (Å²) in [5, 5.41) is 0. The Morgan fingerprint density at radius 2 is 2.10 bits per heavy atom. The molecule has 0 spiro atoms. The van der Waals surface area contributed by atoms with Crippen molar-refractivity contribution in [3.8, 4) is 0 Å². The molecule has 0 radical (unpaired) electrons. The van der Waals surface area contributed by atoms with Crippen LogP contribution in [0, 0.1) is 0 Å². The van der Waals surface area contributed by atoms with Gasteiger partial charge in [-0.05, 0) is 53.2 Å². The second-order valence-corrected chi connectivity index (χ2v) is 7.54. The van der Waals surface area contributed by atoms with Gasteiger partial charge in [0.05, 0.1) is 15.5 Å². The van der Waals surface area contributed by atoms with Crippen molar-refractivity contribution in [2.75, 3.05) is 6.54 Å². The van der Waals surface area contributed by atoms with Gasteiger partial charge in [0.1, 0.15) is 0 Å². The quantitative estimate of drug-likeness (QED) is 0.796. The molecule has 0 bridgehead atoms. The normalized spacial score (nSPS) is 14.3. The van der Waals surface area contributed by atoms with Gasteiger partial charge >= 0.3 is 0 Å². The molecule has 0 fully saturated rings. The largest absolute Gasteiger partial charge is 0.326 e. The molecule has 2 aromatic rings. The van der Waals surface area contributed by atoms with E-state index in [4.69, 9.17) is 5.73 Å². The highest BCUT2D eigenvalue weighted by atomic mass is 79.9. The number of rotatable bonds is 7. The maximum absolute atomic E-state index is 6.42. The molecule has 0 saturated carbocycles. The zero-order chi connectivity index (χ0) is 15.2. The molecule has 2 aromatic heterocycles. The molecule has 5 heteroatoms. The average Bonchev–Trinajstić information content (AvgIpc) is 2.93. The van der Waals surface area contributed by atoms with Crippen LogP contribution in [0.5, 0.6) is 0 Å². The number of thiophene rings is 1. The number of pyridine rings is 1. The lowest BCUT2D eigenvalue weighted by Gasteiger charge is -2.33. The Balaban J connectivity index is 2.25. The lowest BCUT2D eigenvalue weighted by Crippen LogP contribution is -2.40. The van der Waals surface area contributed by atoms with E-state index in [0.717, 1.165) is 29.0 Å². The molecule has 2 rings (SSSR count). The van der Waals surface area contributed by atoms with Crippen molar-refractivity contribution >= 4 is 27.3 Å². The van der Waals surface area contributed by atoms with Gasteiger partial charge in [0.2, 0.25) is 0 Å². The third kappa shape index (κ3) is 4.36. The molecule has 0 saturated heterocycles. The second-order valence-electron chi connectivity index (χ2n) is 5.04. The Hall–Kier alpha value is -0.750. The summed E-state index contributed by atoms with van der Waals surface area (Å²) >= 11 is 5.32. The SMILES string of the molecule is CCC(N)C(c1ccc(Br)s1)N(CC)Cc1ccccn1. The Morgan fingerprint density at radius 1 is 1.29 bits per heavy atom. The van der Waals surface area contributed by atoms with Crippen LogP contribution in [0.25, 0.3) is 0 Å². The van der Waals surface area contributed by atoms with E-state index in [9.17, 15) is 0 Å². The van der Waals surface area contributed by atoms with Crippen LogP contribution in [0.2, 0.25) is 0 Å².